The summed E-state index contributed by atoms with van der Waals surface area (Å²) in [4.78, 5) is 22.1. The first kappa shape index (κ1) is 15.6. The summed E-state index contributed by atoms with van der Waals surface area (Å²) >= 11 is 6.06. The number of rotatable bonds is 2. The van der Waals surface area contributed by atoms with Crippen LogP contribution in [0, 0.1) is 5.41 Å². The molecule has 120 valence electrons. The number of carbonyl (C=O) groups is 1. The fraction of sp³-hybridized carbons (Fsp3) is 0.312. The van der Waals surface area contributed by atoms with E-state index in [0.717, 1.165) is 5.69 Å². The predicted molar refractivity (Wildman–Crippen MR) is 89.5 cm³/mol. The molecule has 2 aromatic rings. The third-order valence-electron chi connectivity index (χ3n) is 3.72. The number of ether oxygens (including phenoxy) is 1. The van der Waals surface area contributed by atoms with Gasteiger partial charge in [-0.2, -0.15) is 0 Å². The molecule has 3 rings (SSSR count). The minimum Gasteiger partial charge on any atom is -0.490 e. The van der Waals surface area contributed by atoms with E-state index in [2.05, 4.69) is 15.3 Å². The van der Waals surface area contributed by atoms with Crippen molar-refractivity contribution < 1.29 is 9.53 Å². The second-order valence-electron chi connectivity index (χ2n) is 6.06. The Balaban J connectivity index is 1.95. The number of aromatic nitrogens is 2. The van der Waals surface area contributed by atoms with Gasteiger partial charge in [0.15, 0.2) is 5.82 Å². The van der Waals surface area contributed by atoms with Gasteiger partial charge in [0.1, 0.15) is 23.7 Å². The Hall–Kier alpha value is -2.34. The minimum absolute atomic E-state index is 0.00784. The van der Waals surface area contributed by atoms with Crippen molar-refractivity contribution in [2.75, 3.05) is 23.9 Å². The molecular weight excluding hydrogens is 316 g/mol. The Morgan fingerprint density at radius 3 is 2.91 bits per heavy atom. The number of anilines is 3. The number of hydrogen-bond acceptors (Lipinski definition) is 5. The zero-order valence-electron chi connectivity index (χ0n) is 13.1. The number of fused-ring (bicyclic) bond motifs is 1. The van der Waals surface area contributed by atoms with E-state index in [9.17, 15) is 4.79 Å². The van der Waals surface area contributed by atoms with Crippen LogP contribution in [-0.4, -0.2) is 29.5 Å². The van der Waals surface area contributed by atoms with Gasteiger partial charge in [-0.1, -0.05) is 11.6 Å². The molecule has 6 nitrogen and oxygen atoms in total. The van der Waals surface area contributed by atoms with Crippen molar-refractivity contribution in [3.05, 3.63) is 35.7 Å². The molecule has 0 fully saturated rings. The molecule has 7 heteroatoms. The molecule has 1 amide bonds. The van der Waals surface area contributed by atoms with Crippen LogP contribution in [-0.2, 0) is 4.79 Å². The van der Waals surface area contributed by atoms with Crippen LogP contribution in [0.15, 0.2) is 30.7 Å². The summed E-state index contributed by atoms with van der Waals surface area (Å²) in [5.41, 5.74) is 0.889. The first-order valence-corrected chi connectivity index (χ1v) is 7.54. The van der Waals surface area contributed by atoms with E-state index >= 15 is 0 Å². The lowest BCUT2D eigenvalue weighted by Gasteiger charge is -2.24. The van der Waals surface area contributed by atoms with E-state index in [4.69, 9.17) is 16.3 Å². The van der Waals surface area contributed by atoms with Crippen LogP contribution in [0.2, 0.25) is 5.02 Å². The van der Waals surface area contributed by atoms with Crippen molar-refractivity contribution in [3.8, 4) is 5.75 Å². The average Bonchev–Trinajstić information content (AvgIpc) is 2.61. The quantitative estimate of drug-likeness (QED) is 0.914. The number of nitrogens with zero attached hydrogens (tertiary/aromatic N) is 3. The molecule has 1 aliphatic heterocycles. The number of carbonyl (C=O) groups excluding carboxylic acids is 1. The van der Waals surface area contributed by atoms with E-state index in [0.29, 0.717) is 28.9 Å². The first-order chi connectivity index (χ1) is 10.9. The molecule has 23 heavy (non-hydrogen) atoms. The van der Waals surface area contributed by atoms with E-state index in [1.807, 2.05) is 32.0 Å². The van der Waals surface area contributed by atoms with Gasteiger partial charge in [0.25, 0.3) is 0 Å². The van der Waals surface area contributed by atoms with Gasteiger partial charge in [0.2, 0.25) is 5.91 Å². The highest BCUT2D eigenvalue weighted by Crippen LogP contribution is 2.38. The first-order valence-electron chi connectivity index (χ1n) is 7.16. The number of nitrogens with one attached hydrogen (secondary N) is 1. The Kier molecular flexibility index (Phi) is 3.85. The summed E-state index contributed by atoms with van der Waals surface area (Å²) < 4.78 is 5.79. The number of halogens is 1. The van der Waals surface area contributed by atoms with Crippen molar-refractivity contribution in [1.82, 2.24) is 9.97 Å². The monoisotopic (exact) mass is 332 g/mol. The van der Waals surface area contributed by atoms with Gasteiger partial charge in [0.05, 0.1) is 17.3 Å². The zero-order chi connectivity index (χ0) is 16.6. The van der Waals surface area contributed by atoms with Crippen molar-refractivity contribution >= 4 is 34.7 Å². The summed E-state index contributed by atoms with van der Waals surface area (Å²) in [6.07, 6.45) is 2.93. The van der Waals surface area contributed by atoms with Gasteiger partial charge in [-0.25, -0.2) is 9.97 Å². The van der Waals surface area contributed by atoms with Crippen molar-refractivity contribution in [1.29, 1.82) is 0 Å². The largest absolute Gasteiger partial charge is 0.490 e. The maximum Gasteiger partial charge on any atom is 0.235 e. The van der Waals surface area contributed by atoms with Gasteiger partial charge < -0.3 is 15.0 Å². The number of benzene rings is 1. The second kappa shape index (κ2) is 5.70. The summed E-state index contributed by atoms with van der Waals surface area (Å²) in [7, 11) is 1.75. The van der Waals surface area contributed by atoms with Crippen LogP contribution in [0.25, 0.3) is 0 Å². The molecule has 0 atom stereocenters. The highest BCUT2D eigenvalue weighted by molar-refractivity contribution is 6.32. The lowest BCUT2D eigenvalue weighted by molar-refractivity contribution is -0.127. The summed E-state index contributed by atoms with van der Waals surface area (Å²) in [5.74, 6) is 1.18. The van der Waals surface area contributed by atoms with Crippen molar-refractivity contribution in [3.63, 3.8) is 0 Å². The fourth-order valence-corrected chi connectivity index (χ4v) is 2.56. The Bertz CT molecular complexity index is 763. The molecule has 0 bridgehead atoms. The Morgan fingerprint density at radius 2 is 2.17 bits per heavy atom. The maximum atomic E-state index is 12.5. The minimum atomic E-state index is -0.572. The van der Waals surface area contributed by atoms with Crippen molar-refractivity contribution in [2.45, 2.75) is 13.8 Å². The standard InChI is InChI=1S/C16H17ClN4O2/c1-16(2)8-23-13-5-4-10(6-12(13)21(3)15(16)22)20-14-11(17)7-18-9-19-14/h4-7,9H,8H2,1-3H3,(H,18,19,20). The van der Waals surface area contributed by atoms with Gasteiger partial charge in [-0.15, -0.1) is 0 Å². The molecule has 0 aliphatic carbocycles. The molecule has 0 unspecified atom stereocenters. The third-order valence-corrected chi connectivity index (χ3v) is 4.00. The number of amides is 1. The fourth-order valence-electron chi connectivity index (χ4n) is 2.40. The zero-order valence-corrected chi connectivity index (χ0v) is 13.9. The van der Waals surface area contributed by atoms with Gasteiger partial charge in [-0.3, -0.25) is 4.79 Å². The molecule has 0 spiro atoms. The predicted octanol–water partition coefficient (Wildman–Crippen LogP) is 3.26. The smallest absolute Gasteiger partial charge is 0.235 e. The van der Waals surface area contributed by atoms with E-state index in [1.165, 1.54) is 12.5 Å². The van der Waals surface area contributed by atoms with E-state index < -0.39 is 5.41 Å². The Labute approximate surface area is 139 Å². The van der Waals surface area contributed by atoms with Gasteiger partial charge in [0, 0.05) is 12.7 Å². The van der Waals surface area contributed by atoms with Crippen LogP contribution >= 0.6 is 11.6 Å². The average molecular weight is 333 g/mol. The topological polar surface area (TPSA) is 67.3 Å². The lowest BCUT2D eigenvalue weighted by Crippen LogP contribution is -2.39. The molecule has 2 heterocycles. The van der Waals surface area contributed by atoms with Crippen LogP contribution in [0.3, 0.4) is 0 Å². The molecule has 0 saturated carbocycles. The molecular formula is C16H17ClN4O2. The number of hydrogen-bond donors (Lipinski definition) is 1. The van der Waals surface area contributed by atoms with Crippen LogP contribution in [0.4, 0.5) is 17.2 Å². The molecule has 0 radical (unpaired) electrons. The molecule has 1 aliphatic rings. The molecule has 1 N–H and O–H groups in total. The van der Waals surface area contributed by atoms with Crippen molar-refractivity contribution in [2.24, 2.45) is 5.41 Å². The van der Waals surface area contributed by atoms with E-state index in [1.54, 1.807) is 11.9 Å². The van der Waals surface area contributed by atoms with Crippen LogP contribution < -0.4 is 15.0 Å². The summed E-state index contributed by atoms with van der Waals surface area (Å²) in [6.45, 7) is 4.09. The maximum absolute atomic E-state index is 12.5. The van der Waals surface area contributed by atoms with E-state index in [-0.39, 0.29) is 5.91 Å². The van der Waals surface area contributed by atoms with Crippen LogP contribution in [0.5, 0.6) is 5.75 Å². The normalized spacial score (nSPS) is 16.3. The van der Waals surface area contributed by atoms with Gasteiger partial charge >= 0.3 is 0 Å². The molecule has 1 aromatic carbocycles. The second-order valence-corrected chi connectivity index (χ2v) is 6.47. The third kappa shape index (κ3) is 2.94. The molecule has 1 aromatic heterocycles. The highest BCUT2D eigenvalue weighted by Gasteiger charge is 2.36. The molecule has 0 saturated heterocycles. The SMILES string of the molecule is CN1C(=O)C(C)(C)COc2ccc(Nc3ncncc3Cl)cc21. The summed E-state index contributed by atoms with van der Waals surface area (Å²) in [5, 5.41) is 3.54. The van der Waals surface area contributed by atoms with Gasteiger partial charge in [-0.05, 0) is 32.0 Å². The lowest BCUT2D eigenvalue weighted by atomic mass is 9.93. The highest BCUT2D eigenvalue weighted by atomic mass is 35.5. The summed E-state index contributed by atoms with van der Waals surface area (Å²) in [6, 6.07) is 5.53. The van der Waals surface area contributed by atoms with Crippen LogP contribution in [0.1, 0.15) is 13.8 Å². The Morgan fingerprint density at radius 1 is 1.39 bits per heavy atom.